The molecule has 0 unspecified atom stereocenters. The first-order valence-electron chi connectivity index (χ1n) is 3.70. The Morgan fingerprint density at radius 2 is 2.08 bits per heavy atom. The molecule has 13 heavy (non-hydrogen) atoms. The van der Waals surface area contributed by atoms with E-state index in [0.717, 1.165) is 0 Å². The van der Waals surface area contributed by atoms with Gasteiger partial charge in [0.15, 0.2) is 0 Å². The fraction of sp³-hybridized carbons (Fsp3) is 0.286. The fourth-order valence-electron chi connectivity index (χ4n) is 0.704. The van der Waals surface area contributed by atoms with Gasteiger partial charge in [-0.2, -0.15) is 15.0 Å². The van der Waals surface area contributed by atoms with E-state index in [0.29, 0.717) is 18.4 Å². The minimum absolute atomic E-state index is 0.158. The van der Waals surface area contributed by atoms with Gasteiger partial charge in [-0.1, -0.05) is 6.08 Å². The molecule has 70 valence electrons. The lowest BCUT2D eigenvalue weighted by Crippen LogP contribution is -2.06. The van der Waals surface area contributed by atoms with Gasteiger partial charge in [-0.15, -0.1) is 6.58 Å². The van der Waals surface area contributed by atoms with Gasteiger partial charge < -0.3 is 10.6 Å². The molecule has 0 aliphatic carbocycles. The molecule has 0 radical (unpaired) electrons. The van der Waals surface area contributed by atoms with Crippen molar-refractivity contribution in [3.05, 3.63) is 17.9 Å². The van der Waals surface area contributed by atoms with Crippen molar-refractivity contribution in [2.45, 2.75) is 0 Å². The van der Waals surface area contributed by atoms with E-state index < -0.39 is 0 Å². The minimum Gasteiger partial charge on any atom is -0.357 e. The monoisotopic (exact) mass is 199 g/mol. The molecule has 0 atom stereocenters. The van der Waals surface area contributed by atoms with Crippen LogP contribution in [0.3, 0.4) is 0 Å². The third kappa shape index (κ3) is 2.87. The first kappa shape index (κ1) is 9.73. The zero-order valence-corrected chi connectivity index (χ0v) is 7.97. The lowest BCUT2D eigenvalue weighted by atomic mass is 10.6. The molecule has 0 aliphatic heterocycles. The average molecular weight is 200 g/mol. The van der Waals surface area contributed by atoms with Gasteiger partial charge in [-0.3, -0.25) is 0 Å². The van der Waals surface area contributed by atoms with Crippen LogP contribution in [0.15, 0.2) is 12.7 Å². The second-order valence-corrected chi connectivity index (χ2v) is 2.51. The summed E-state index contributed by atoms with van der Waals surface area (Å²) in [5.74, 6) is 0.871. The first-order valence-corrected chi connectivity index (χ1v) is 4.08. The maximum absolute atomic E-state index is 5.64. The zero-order chi connectivity index (χ0) is 9.68. The lowest BCUT2D eigenvalue weighted by molar-refractivity contribution is 1.03. The van der Waals surface area contributed by atoms with Gasteiger partial charge in [0.2, 0.25) is 17.2 Å². The summed E-state index contributed by atoms with van der Waals surface area (Å²) in [4.78, 5) is 11.7. The third-order valence-electron chi connectivity index (χ3n) is 1.24. The maximum Gasteiger partial charge on any atom is 0.229 e. The van der Waals surface area contributed by atoms with Gasteiger partial charge >= 0.3 is 0 Å². The molecule has 1 heterocycles. The molecule has 1 rings (SSSR count). The van der Waals surface area contributed by atoms with Crippen molar-refractivity contribution in [1.82, 2.24) is 15.0 Å². The summed E-state index contributed by atoms with van der Waals surface area (Å²) in [5, 5.41) is 5.84. The summed E-state index contributed by atoms with van der Waals surface area (Å²) in [5.41, 5.74) is 0. The Morgan fingerprint density at radius 3 is 2.69 bits per heavy atom. The van der Waals surface area contributed by atoms with E-state index in [1.165, 1.54) is 0 Å². The van der Waals surface area contributed by atoms with E-state index in [-0.39, 0.29) is 5.28 Å². The first-order chi connectivity index (χ1) is 6.26. The fourth-order valence-corrected chi connectivity index (χ4v) is 0.865. The number of halogens is 1. The number of aromatic nitrogens is 3. The van der Waals surface area contributed by atoms with Crippen molar-refractivity contribution in [3.63, 3.8) is 0 Å². The standard InChI is InChI=1S/C7H10ClN5/c1-3-4-10-7-12-5(8)11-6(9-2)13-7/h3H,1,4H2,2H3,(H2,9,10,11,12,13). The Labute approximate surface area is 81.3 Å². The molecule has 0 saturated carbocycles. The number of hydrogen-bond acceptors (Lipinski definition) is 5. The summed E-state index contributed by atoms with van der Waals surface area (Å²) in [6, 6.07) is 0. The van der Waals surface area contributed by atoms with Crippen LogP contribution in [0.4, 0.5) is 11.9 Å². The van der Waals surface area contributed by atoms with Crippen LogP contribution in [0.1, 0.15) is 0 Å². The highest BCUT2D eigenvalue weighted by Crippen LogP contribution is 2.08. The second kappa shape index (κ2) is 4.61. The van der Waals surface area contributed by atoms with Gasteiger partial charge in [-0.25, -0.2) is 0 Å². The van der Waals surface area contributed by atoms with E-state index in [4.69, 9.17) is 11.6 Å². The summed E-state index contributed by atoms with van der Waals surface area (Å²) < 4.78 is 0. The van der Waals surface area contributed by atoms with Crippen LogP contribution in [0.2, 0.25) is 5.28 Å². The molecule has 0 amide bonds. The highest BCUT2D eigenvalue weighted by Gasteiger charge is 2.01. The molecule has 0 spiro atoms. The molecular formula is C7H10ClN5. The molecule has 1 aromatic rings. The molecule has 0 aliphatic rings. The highest BCUT2D eigenvalue weighted by atomic mass is 35.5. The van der Waals surface area contributed by atoms with Gasteiger partial charge in [0.1, 0.15) is 0 Å². The smallest absolute Gasteiger partial charge is 0.229 e. The summed E-state index contributed by atoms with van der Waals surface area (Å²) in [7, 11) is 1.71. The van der Waals surface area contributed by atoms with Crippen molar-refractivity contribution in [3.8, 4) is 0 Å². The largest absolute Gasteiger partial charge is 0.357 e. The predicted molar refractivity (Wildman–Crippen MR) is 53.1 cm³/mol. The zero-order valence-electron chi connectivity index (χ0n) is 7.21. The van der Waals surface area contributed by atoms with Crippen LogP contribution in [0.5, 0.6) is 0 Å². The highest BCUT2D eigenvalue weighted by molar-refractivity contribution is 6.28. The molecule has 5 nitrogen and oxygen atoms in total. The van der Waals surface area contributed by atoms with Gasteiger partial charge in [0.25, 0.3) is 0 Å². The number of anilines is 2. The van der Waals surface area contributed by atoms with Crippen molar-refractivity contribution in [2.24, 2.45) is 0 Å². The van der Waals surface area contributed by atoms with Gasteiger partial charge in [-0.05, 0) is 11.6 Å². The number of rotatable bonds is 4. The van der Waals surface area contributed by atoms with Gasteiger partial charge in [0.05, 0.1) is 0 Å². The lowest BCUT2D eigenvalue weighted by Gasteiger charge is -2.03. The molecule has 0 saturated heterocycles. The number of nitrogens with zero attached hydrogens (tertiary/aromatic N) is 3. The van der Waals surface area contributed by atoms with E-state index in [1.807, 2.05) is 0 Å². The SMILES string of the molecule is C=CCNc1nc(Cl)nc(NC)n1. The van der Waals surface area contributed by atoms with Crippen LogP contribution in [-0.2, 0) is 0 Å². The summed E-state index contributed by atoms with van der Waals surface area (Å²) in [6.45, 7) is 4.15. The predicted octanol–water partition coefficient (Wildman–Crippen LogP) is 1.16. The van der Waals surface area contributed by atoms with Crippen molar-refractivity contribution < 1.29 is 0 Å². The average Bonchev–Trinajstić information content (AvgIpc) is 2.14. The van der Waals surface area contributed by atoms with Crippen LogP contribution >= 0.6 is 11.6 Å². The Morgan fingerprint density at radius 1 is 1.38 bits per heavy atom. The normalized spacial score (nSPS) is 9.38. The number of hydrogen-bond donors (Lipinski definition) is 2. The molecule has 1 aromatic heterocycles. The van der Waals surface area contributed by atoms with Crippen LogP contribution in [0, 0.1) is 0 Å². The second-order valence-electron chi connectivity index (χ2n) is 2.17. The van der Waals surface area contributed by atoms with E-state index >= 15 is 0 Å². The van der Waals surface area contributed by atoms with Gasteiger partial charge in [0, 0.05) is 13.6 Å². The van der Waals surface area contributed by atoms with E-state index in [9.17, 15) is 0 Å². The molecular weight excluding hydrogens is 190 g/mol. The Bertz CT molecular complexity index is 301. The maximum atomic E-state index is 5.64. The molecule has 6 heteroatoms. The quantitative estimate of drug-likeness (QED) is 0.713. The van der Waals surface area contributed by atoms with E-state index in [1.54, 1.807) is 13.1 Å². The number of nitrogens with one attached hydrogen (secondary N) is 2. The topological polar surface area (TPSA) is 62.7 Å². The molecule has 0 fully saturated rings. The van der Waals surface area contributed by atoms with Crippen LogP contribution < -0.4 is 10.6 Å². The molecule has 2 N–H and O–H groups in total. The summed E-state index contributed by atoms with van der Waals surface area (Å²) in [6.07, 6.45) is 1.71. The van der Waals surface area contributed by atoms with Crippen molar-refractivity contribution >= 4 is 23.5 Å². The van der Waals surface area contributed by atoms with Crippen LogP contribution in [-0.4, -0.2) is 28.5 Å². The Balaban J connectivity index is 2.81. The minimum atomic E-state index is 0.158. The molecule has 0 aromatic carbocycles. The van der Waals surface area contributed by atoms with Crippen molar-refractivity contribution in [2.75, 3.05) is 24.2 Å². The van der Waals surface area contributed by atoms with E-state index in [2.05, 4.69) is 32.2 Å². The third-order valence-corrected chi connectivity index (χ3v) is 1.41. The summed E-state index contributed by atoms with van der Waals surface area (Å²) >= 11 is 5.64. The Hall–Kier alpha value is -1.36. The van der Waals surface area contributed by atoms with Crippen LogP contribution in [0.25, 0.3) is 0 Å². The van der Waals surface area contributed by atoms with Crippen molar-refractivity contribution in [1.29, 1.82) is 0 Å². The molecule has 0 bridgehead atoms. The Kier molecular flexibility index (Phi) is 3.45.